The highest BCUT2D eigenvalue weighted by Gasteiger charge is 2.35. The molecule has 3 rings (SSSR count). The van der Waals surface area contributed by atoms with Gasteiger partial charge < -0.3 is 15.8 Å². The summed E-state index contributed by atoms with van der Waals surface area (Å²) < 4.78 is 5.67. The number of hydrogen-bond donors (Lipinski definition) is 2. The lowest BCUT2D eigenvalue weighted by Crippen LogP contribution is -2.49. The minimum absolute atomic E-state index is 0.158. The molecule has 2 heterocycles. The number of nitrogens with one attached hydrogen (secondary N) is 1. The first kappa shape index (κ1) is 17.7. The number of anilines is 3. The number of nitrogens with zero attached hydrogens (tertiary/aromatic N) is 2. The van der Waals surface area contributed by atoms with Crippen LogP contribution in [0.5, 0.6) is 5.75 Å². The Labute approximate surface area is 152 Å². The van der Waals surface area contributed by atoms with E-state index in [4.69, 9.17) is 10.5 Å². The van der Waals surface area contributed by atoms with Crippen LogP contribution >= 0.6 is 0 Å². The number of carbonyl (C=O) groups is 2. The first-order chi connectivity index (χ1) is 12.4. The van der Waals surface area contributed by atoms with E-state index in [2.05, 4.69) is 10.3 Å². The molecule has 2 amide bonds. The molecule has 2 aromatic rings. The van der Waals surface area contributed by atoms with Crippen molar-refractivity contribution >= 4 is 29.1 Å². The van der Waals surface area contributed by atoms with Gasteiger partial charge in [-0.25, -0.2) is 4.98 Å². The summed E-state index contributed by atoms with van der Waals surface area (Å²) in [5.41, 5.74) is 8.53. The van der Waals surface area contributed by atoms with Crippen LogP contribution in [0.2, 0.25) is 0 Å². The molecule has 0 radical (unpaired) electrons. The van der Waals surface area contributed by atoms with Gasteiger partial charge in [-0.3, -0.25) is 14.5 Å². The molecule has 3 N–H and O–H groups in total. The zero-order chi connectivity index (χ0) is 18.8. The Morgan fingerprint density at radius 3 is 2.62 bits per heavy atom. The molecule has 1 aliphatic heterocycles. The van der Waals surface area contributed by atoms with Crippen molar-refractivity contribution < 1.29 is 14.3 Å². The smallest absolute Gasteiger partial charge is 0.269 e. The lowest BCUT2D eigenvalue weighted by atomic mass is 10.1. The number of amides is 2. The van der Waals surface area contributed by atoms with Gasteiger partial charge in [0.15, 0.2) is 17.7 Å². The molecule has 0 spiro atoms. The summed E-state index contributed by atoms with van der Waals surface area (Å²) in [6.45, 7) is 5.62. The summed E-state index contributed by atoms with van der Waals surface area (Å²) in [7, 11) is 0. The molecule has 0 saturated carbocycles. The highest BCUT2D eigenvalue weighted by Crippen LogP contribution is 2.33. The van der Waals surface area contributed by atoms with Gasteiger partial charge in [0.05, 0.1) is 0 Å². The van der Waals surface area contributed by atoms with Crippen molar-refractivity contribution in [3.8, 4) is 5.75 Å². The van der Waals surface area contributed by atoms with E-state index < -0.39 is 6.10 Å². The Morgan fingerprint density at radius 2 is 1.96 bits per heavy atom. The van der Waals surface area contributed by atoms with Crippen LogP contribution in [-0.2, 0) is 9.59 Å². The number of rotatable bonds is 4. The Balaban J connectivity index is 1.84. The lowest BCUT2D eigenvalue weighted by molar-refractivity contribution is -0.128. The molecular weight excluding hydrogens is 332 g/mol. The topological polar surface area (TPSA) is 97.6 Å². The number of pyridine rings is 1. The third-order valence-corrected chi connectivity index (χ3v) is 4.11. The zero-order valence-electron chi connectivity index (χ0n) is 15.1. The average molecular weight is 354 g/mol. The molecule has 1 unspecified atom stereocenters. The monoisotopic (exact) mass is 354 g/mol. The molecule has 1 aromatic heterocycles. The van der Waals surface area contributed by atoms with Crippen molar-refractivity contribution in [3.05, 3.63) is 41.5 Å². The SMILES string of the molecule is CCC1Oc2ccc(N)nc2N(CC(=O)Nc2cc(C)cc(C)c2)C1=O. The Kier molecular flexibility index (Phi) is 4.79. The number of benzene rings is 1. The van der Waals surface area contributed by atoms with Gasteiger partial charge in [-0.05, 0) is 55.7 Å². The van der Waals surface area contributed by atoms with Crippen molar-refractivity contribution in [1.29, 1.82) is 0 Å². The van der Waals surface area contributed by atoms with E-state index in [1.807, 2.05) is 39.0 Å². The largest absolute Gasteiger partial charge is 0.477 e. The summed E-state index contributed by atoms with van der Waals surface area (Å²) in [6, 6.07) is 9.06. The summed E-state index contributed by atoms with van der Waals surface area (Å²) in [5, 5.41) is 2.84. The van der Waals surface area contributed by atoms with Crippen LogP contribution in [0.25, 0.3) is 0 Å². The number of aryl methyl sites for hydroxylation is 2. The molecule has 1 aliphatic rings. The normalized spacial score (nSPS) is 16.0. The van der Waals surface area contributed by atoms with E-state index in [0.717, 1.165) is 11.1 Å². The second-order valence-electron chi connectivity index (χ2n) is 6.42. The maximum atomic E-state index is 12.7. The Morgan fingerprint density at radius 1 is 1.27 bits per heavy atom. The van der Waals surface area contributed by atoms with Gasteiger partial charge in [0.2, 0.25) is 5.91 Å². The van der Waals surface area contributed by atoms with Crippen LogP contribution in [0.3, 0.4) is 0 Å². The molecule has 1 aromatic carbocycles. The summed E-state index contributed by atoms with van der Waals surface area (Å²) in [5.74, 6) is 0.374. The minimum atomic E-state index is -0.637. The molecule has 0 bridgehead atoms. The fourth-order valence-electron chi connectivity index (χ4n) is 3.02. The molecule has 0 aliphatic carbocycles. The minimum Gasteiger partial charge on any atom is -0.477 e. The van der Waals surface area contributed by atoms with E-state index in [9.17, 15) is 9.59 Å². The number of nitrogens with two attached hydrogens (primary N) is 1. The summed E-state index contributed by atoms with van der Waals surface area (Å²) >= 11 is 0. The van der Waals surface area contributed by atoms with Gasteiger partial charge in [0.25, 0.3) is 5.91 Å². The lowest BCUT2D eigenvalue weighted by Gasteiger charge is -2.32. The number of carbonyl (C=O) groups excluding carboxylic acids is 2. The number of nitrogen functional groups attached to an aromatic ring is 1. The quantitative estimate of drug-likeness (QED) is 0.879. The van der Waals surface area contributed by atoms with Crippen molar-refractivity contribution in [2.75, 3.05) is 22.5 Å². The van der Waals surface area contributed by atoms with E-state index in [1.54, 1.807) is 12.1 Å². The van der Waals surface area contributed by atoms with E-state index >= 15 is 0 Å². The highest BCUT2D eigenvalue weighted by atomic mass is 16.5. The zero-order valence-corrected chi connectivity index (χ0v) is 15.1. The van der Waals surface area contributed by atoms with E-state index in [0.29, 0.717) is 17.9 Å². The summed E-state index contributed by atoms with van der Waals surface area (Å²) in [4.78, 5) is 30.7. The van der Waals surface area contributed by atoms with E-state index in [-0.39, 0.29) is 30.0 Å². The molecule has 7 nitrogen and oxygen atoms in total. The van der Waals surface area contributed by atoms with E-state index in [1.165, 1.54) is 4.90 Å². The second-order valence-corrected chi connectivity index (χ2v) is 6.42. The predicted octanol–water partition coefficient (Wildman–Crippen LogP) is 2.42. The van der Waals surface area contributed by atoms with Gasteiger partial charge in [0.1, 0.15) is 12.4 Å². The fraction of sp³-hybridized carbons (Fsp3) is 0.316. The molecule has 1 atom stereocenters. The standard InChI is InChI=1S/C19H22N4O3/c1-4-14-19(25)23(18-15(26-14)5-6-16(20)22-18)10-17(24)21-13-8-11(2)7-12(3)9-13/h5-9,14H,4,10H2,1-3H3,(H2,20,22)(H,21,24). The molecular formula is C19H22N4O3. The van der Waals surface area contributed by atoms with Crippen molar-refractivity contribution in [2.45, 2.75) is 33.3 Å². The van der Waals surface area contributed by atoms with Crippen LogP contribution in [0, 0.1) is 13.8 Å². The van der Waals surface area contributed by atoms with Crippen molar-refractivity contribution in [1.82, 2.24) is 4.98 Å². The molecule has 0 saturated heterocycles. The van der Waals surface area contributed by atoms with Crippen molar-refractivity contribution in [2.24, 2.45) is 0 Å². The van der Waals surface area contributed by atoms with Gasteiger partial charge in [-0.1, -0.05) is 13.0 Å². The number of hydrogen-bond acceptors (Lipinski definition) is 5. The van der Waals surface area contributed by atoms with Gasteiger partial charge in [-0.15, -0.1) is 0 Å². The fourth-order valence-corrected chi connectivity index (χ4v) is 3.02. The maximum absolute atomic E-state index is 12.7. The Bertz CT molecular complexity index is 846. The van der Waals surface area contributed by atoms with Crippen LogP contribution in [0.4, 0.5) is 17.3 Å². The summed E-state index contributed by atoms with van der Waals surface area (Å²) in [6.07, 6.45) is -0.139. The second kappa shape index (κ2) is 7.03. The number of fused-ring (bicyclic) bond motifs is 1. The number of aromatic nitrogens is 1. The maximum Gasteiger partial charge on any atom is 0.269 e. The van der Waals surface area contributed by atoms with Crippen LogP contribution in [0.1, 0.15) is 24.5 Å². The first-order valence-corrected chi connectivity index (χ1v) is 8.50. The van der Waals surface area contributed by atoms with Crippen molar-refractivity contribution in [3.63, 3.8) is 0 Å². The molecule has 136 valence electrons. The van der Waals surface area contributed by atoms with Gasteiger partial charge >= 0.3 is 0 Å². The predicted molar refractivity (Wildman–Crippen MR) is 100 cm³/mol. The Hall–Kier alpha value is -3.09. The highest BCUT2D eigenvalue weighted by molar-refractivity contribution is 6.05. The van der Waals surface area contributed by atoms with Crippen LogP contribution in [0.15, 0.2) is 30.3 Å². The van der Waals surface area contributed by atoms with Crippen LogP contribution in [-0.4, -0.2) is 29.4 Å². The molecule has 0 fully saturated rings. The third-order valence-electron chi connectivity index (χ3n) is 4.11. The van der Waals surface area contributed by atoms with Crippen LogP contribution < -0.4 is 20.7 Å². The molecule has 7 heteroatoms. The molecule has 26 heavy (non-hydrogen) atoms. The van der Waals surface area contributed by atoms with Gasteiger partial charge in [0, 0.05) is 5.69 Å². The van der Waals surface area contributed by atoms with Gasteiger partial charge in [-0.2, -0.15) is 0 Å². The number of ether oxygens (including phenoxy) is 1. The third kappa shape index (κ3) is 3.61. The first-order valence-electron chi connectivity index (χ1n) is 8.50. The average Bonchev–Trinajstić information content (AvgIpc) is 2.56.